The van der Waals surface area contributed by atoms with E-state index in [-0.39, 0.29) is 5.82 Å². The lowest BCUT2D eigenvalue weighted by atomic mass is 10.3. The maximum atomic E-state index is 13.0. The van der Waals surface area contributed by atoms with Crippen molar-refractivity contribution in [3.05, 3.63) is 42.5 Å². The predicted molar refractivity (Wildman–Crippen MR) is 83.6 cm³/mol. The minimum atomic E-state index is -0.289. The Hall–Kier alpha value is -2.83. The third-order valence-corrected chi connectivity index (χ3v) is 2.97. The molecule has 2 N–H and O–H groups in total. The Bertz CT molecular complexity index is 775. The number of anilines is 3. The van der Waals surface area contributed by atoms with Crippen molar-refractivity contribution in [2.24, 2.45) is 0 Å². The molecule has 0 amide bonds. The molecule has 2 heterocycles. The highest BCUT2D eigenvalue weighted by molar-refractivity contribution is 5.85. The van der Waals surface area contributed by atoms with Crippen molar-refractivity contribution < 1.29 is 4.39 Å². The summed E-state index contributed by atoms with van der Waals surface area (Å²) in [6.07, 6.45) is 4.13. The molecule has 112 valence electrons. The molecule has 2 aromatic heterocycles. The Labute approximate surface area is 126 Å². The Kier molecular flexibility index (Phi) is 4.04. The summed E-state index contributed by atoms with van der Waals surface area (Å²) in [4.78, 5) is 17.2. The molecule has 0 spiro atoms. The minimum Gasteiger partial charge on any atom is -0.354 e. The van der Waals surface area contributed by atoms with E-state index in [0.29, 0.717) is 28.6 Å². The Morgan fingerprint density at radius 2 is 1.82 bits per heavy atom. The fourth-order valence-corrected chi connectivity index (χ4v) is 1.94. The maximum absolute atomic E-state index is 13.0. The van der Waals surface area contributed by atoms with Crippen molar-refractivity contribution in [3.8, 4) is 0 Å². The summed E-state index contributed by atoms with van der Waals surface area (Å²) < 4.78 is 13.0. The average Bonchev–Trinajstić information content (AvgIpc) is 2.55. The van der Waals surface area contributed by atoms with Crippen LogP contribution in [-0.4, -0.2) is 26.5 Å². The summed E-state index contributed by atoms with van der Waals surface area (Å²) in [6, 6.07) is 6.04. The van der Waals surface area contributed by atoms with Gasteiger partial charge in [0.05, 0.1) is 0 Å². The highest BCUT2D eigenvalue weighted by atomic mass is 19.1. The van der Waals surface area contributed by atoms with Crippen LogP contribution in [0.3, 0.4) is 0 Å². The highest BCUT2D eigenvalue weighted by Gasteiger charge is 2.10. The van der Waals surface area contributed by atoms with Crippen LogP contribution in [0, 0.1) is 5.82 Å². The van der Waals surface area contributed by atoms with E-state index in [2.05, 4.69) is 37.5 Å². The highest BCUT2D eigenvalue weighted by Crippen LogP contribution is 2.22. The summed E-state index contributed by atoms with van der Waals surface area (Å²) in [5.41, 5.74) is 1.78. The van der Waals surface area contributed by atoms with Gasteiger partial charge in [-0.1, -0.05) is 6.92 Å². The molecule has 0 fully saturated rings. The first-order chi connectivity index (χ1) is 10.8. The summed E-state index contributed by atoms with van der Waals surface area (Å²) in [7, 11) is 0. The van der Waals surface area contributed by atoms with Gasteiger partial charge in [0.25, 0.3) is 0 Å². The van der Waals surface area contributed by atoms with Gasteiger partial charge >= 0.3 is 0 Å². The zero-order valence-corrected chi connectivity index (χ0v) is 12.0. The molecule has 7 heteroatoms. The molecule has 0 radical (unpaired) electrons. The monoisotopic (exact) mass is 298 g/mol. The number of rotatable bonds is 5. The van der Waals surface area contributed by atoms with Crippen molar-refractivity contribution in [1.82, 2.24) is 19.9 Å². The average molecular weight is 298 g/mol. The van der Waals surface area contributed by atoms with Crippen molar-refractivity contribution >= 4 is 28.6 Å². The van der Waals surface area contributed by atoms with Gasteiger partial charge in [0.15, 0.2) is 17.0 Å². The number of halogens is 1. The van der Waals surface area contributed by atoms with Crippen LogP contribution in [0.25, 0.3) is 11.2 Å². The fourth-order valence-electron chi connectivity index (χ4n) is 1.94. The largest absolute Gasteiger partial charge is 0.354 e. The van der Waals surface area contributed by atoms with Crippen LogP contribution in [0.5, 0.6) is 0 Å². The van der Waals surface area contributed by atoms with E-state index in [0.717, 1.165) is 13.0 Å². The third-order valence-electron chi connectivity index (χ3n) is 2.97. The molecule has 0 aliphatic carbocycles. The number of fused-ring (bicyclic) bond motifs is 1. The van der Waals surface area contributed by atoms with Gasteiger partial charge in [-0.25, -0.2) is 14.4 Å². The first-order valence-electron chi connectivity index (χ1n) is 7.01. The van der Waals surface area contributed by atoms with Crippen LogP contribution < -0.4 is 10.6 Å². The van der Waals surface area contributed by atoms with Gasteiger partial charge in [0.2, 0.25) is 5.95 Å². The van der Waals surface area contributed by atoms with Gasteiger partial charge in [-0.2, -0.15) is 9.97 Å². The Balaban J connectivity index is 2.00. The van der Waals surface area contributed by atoms with Gasteiger partial charge < -0.3 is 10.6 Å². The number of nitrogens with zero attached hydrogens (tertiary/aromatic N) is 4. The van der Waals surface area contributed by atoms with E-state index in [9.17, 15) is 4.39 Å². The van der Waals surface area contributed by atoms with Crippen molar-refractivity contribution in [2.75, 3.05) is 17.2 Å². The smallest absolute Gasteiger partial charge is 0.226 e. The molecule has 0 aliphatic rings. The molecule has 22 heavy (non-hydrogen) atoms. The molecule has 0 aliphatic heterocycles. The second-order valence-corrected chi connectivity index (χ2v) is 4.68. The van der Waals surface area contributed by atoms with E-state index in [4.69, 9.17) is 0 Å². The summed E-state index contributed by atoms with van der Waals surface area (Å²) in [6.45, 7) is 2.83. The predicted octanol–water partition coefficient (Wildman–Crippen LogP) is 3.12. The lowest BCUT2D eigenvalue weighted by Crippen LogP contribution is -2.07. The lowest BCUT2D eigenvalue weighted by Gasteiger charge is -2.10. The zero-order chi connectivity index (χ0) is 15.4. The van der Waals surface area contributed by atoms with E-state index in [1.807, 2.05) is 0 Å². The van der Waals surface area contributed by atoms with E-state index in [1.165, 1.54) is 12.1 Å². The number of nitrogens with one attached hydrogen (secondary N) is 2. The van der Waals surface area contributed by atoms with Crippen LogP contribution in [0.4, 0.5) is 21.8 Å². The SMILES string of the molecule is CCCNc1nc(Nc2ccc(F)cc2)c2nccnc2n1. The molecular weight excluding hydrogens is 283 g/mol. The summed E-state index contributed by atoms with van der Waals surface area (Å²) in [5, 5.41) is 6.26. The number of hydrogen-bond donors (Lipinski definition) is 2. The van der Waals surface area contributed by atoms with Crippen LogP contribution in [-0.2, 0) is 0 Å². The molecule has 0 saturated heterocycles. The van der Waals surface area contributed by atoms with Gasteiger partial charge in [-0.3, -0.25) is 0 Å². The number of benzene rings is 1. The van der Waals surface area contributed by atoms with Crippen LogP contribution in [0.15, 0.2) is 36.7 Å². The van der Waals surface area contributed by atoms with Crippen molar-refractivity contribution in [2.45, 2.75) is 13.3 Å². The first kappa shape index (κ1) is 14.1. The second kappa shape index (κ2) is 6.30. The molecule has 3 rings (SSSR count). The molecule has 6 nitrogen and oxygen atoms in total. The second-order valence-electron chi connectivity index (χ2n) is 4.68. The number of hydrogen-bond acceptors (Lipinski definition) is 6. The molecule has 3 aromatic rings. The topological polar surface area (TPSA) is 75.6 Å². The Morgan fingerprint density at radius 3 is 2.59 bits per heavy atom. The van der Waals surface area contributed by atoms with Gasteiger partial charge in [-0.15, -0.1) is 0 Å². The standard InChI is InChI=1S/C15H15FN6/c1-2-7-19-15-21-13-12(17-8-9-18-13)14(22-15)20-11-5-3-10(16)4-6-11/h3-6,8-9H,2,7H2,1H3,(H2,18,19,20,21,22). The summed E-state index contributed by atoms with van der Waals surface area (Å²) >= 11 is 0. The maximum Gasteiger partial charge on any atom is 0.226 e. The molecule has 0 bridgehead atoms. The van der Waals surface area contributed by atoms with Crippen molar-refractivity contribution in [3.63, 3.8) is 0 Å². The van der Waals surface area contributed by atoms with Crippen LogP contribution in [0.2, 0.25) is 0 Å². The van der Waals surface area contributed by atoms with Gasteiger partial charge in [0.1, 0.15) is 5.82 Å². The molecule has 0 atom stereocenters. The van der Waals surface area contributed by atoms with Gasteiger partial charge in [0, 0.05) is 24.6 Å². The van der Waals surface area contributed by atoms with Crippen LogP contribution >= 0.6 is 0 Å². The zero-order valence-electron chi connectivity index (χ0n) is 12.0. The third kappa shape index (κ3) is 3.08. The van der Waals surface area contributed by atoms with Gasteiger partial charge in [-0.05, 0) is 30.7 Å². The first-order valence-corrected chi connectivity index (χ1v) is 7.01. The lowest BCUT2D eigenvalue weighted by molar-refractivity contribution is 0.628. The minimum absolute atomic E-state index is 0.289. The van der Waals surface area contributed by atoms with E-state index in [1.54, 1.807) is 24.5 Å². The molecule has 0 unspecified atom stereocenters. The van der Waals surface area contributed by atoms with Crippen LogP contribution in [0.1, 0.15) is 13.3 Å². The fraction of sp³-hybridized carbons (Fsp3) is 0.200. The van der Waals surface area contributed by atoms with E-state index < -0.39 is 0 Å². The normalized spacial score (nSPS) is 10.6. The Morgan fingerprint density at radius 1 is 1.05 bits per heavy atom. The number of aromatic nitrogens is 4. The summed E-state index contributed by atoms with van der Waals surface area (Å²) in [5.74, 6) is 0.728. The van der Waals surface area contributed by atoms with E-state index >= 15 is 0 Å². The molecule has 1 aromatic carbocycles. The molecule has 0 saturated carbocycles. The van der Waals surface area contributed by atoms with Crippen molar-refractivity contribution in [1.29, 1.82) is 0 Å². The quantitative estimate of drug-likeness (QED) is 0.753. The molecular formula is C15H15FN6.